The molecule has 0 saturated carbocycles. The highest BCUT2D eigenvalue weighted by molar-refractivity contribution is 4.84. The van der Waals surface area contributed by atoms with E-state index in [9.17, 15) is 0 Å². The molecule has 3 nitrogen and oxygen atoms in total. The second-order valence-electron chi connectivity index (χ2n) is 8.29. The van der Waals surface area contributed by atoms with Crippen LogP contribution in [0.1, 0.15) is 61.3 Å². The third-order valence-corrected chi connectivity index (χ3v) is 3.74. The van der Waals surface area contributed by atoms with E-state index in [-0.39, 0.29) is 5.54 Å². The Morgan fingerprint density at radius 1 is 1.14 bits per heavy atom. The molecular weight excluding hydrogens is 260 g/mol. The van der Waals surface area contributed by atoms with Crippen LogP contribution in [-0.2, 0) is 4.74 Å². The number of rotatable bonds is 11. The number of nitrogens with zero attached hydrogens (tertiary/aromatic N) is 1. The smallest absolute Gasteiger partial charge is 0.0589 e. The van der Waals surface area contributed by atoms with Crippen molar-refractivity contribution in [3.05, 3.63) is 0 Å². The van der Waals surface area contributed by atoms with Crippen LogP contribution < -0.4 is 5.32 Å². The highest BCUT2D eigenvalue weighted by Crippen LogP contribution is 2.25. The van der Waals surface area contributed by atoms with E-state index in [0.717, 1.165) is 32.8 Å². The minimum Gasteiger partial charge on any atom is -0.383 e. The van der Waals surface area contributed by atoms with Crippen LogP contribution in [0.2, 0.25) is 0 Å². The van der Waals surface area contributed by atoms with Gasteiger partial charge in [0.1, 0.15) is 0 Å². The van der Waals surface area contributed by atoms with E-state index in [1.165, 1.54) is 12.8 Å². The normalized spacial score (nSPS) is 15.7. The molecular formula is C18H40N2O. The van der Waals surface area contributed by atoms with Crippen molar-refractivity contribution in [3.63, 3.8) is 0 Å². The molecule has 0 heterocycles. The molecule has 1 N–H and O–H groups in total. The summed E-state index contributed by atoms with van der Waals surface area (Å²) in [6.45, 7) is 21.3. The zero-order valence-electron chi connectivity index (χ0n) is 15.9. The lowest BCUT2D eigenvalue weighted by Gasteiger charge is -2.38. The first kappa shape index (κ1) is 20.9. The number of ether oxygens (including phenoxy) is 1. The minimum absolute atomic E-state index is 0.185. The van der Waals surface area contributed by atoms with E-state index in [2.05, 4.69) is 58.7 Å². The van der Waals surface area contributed by atoms with Crippen molar-refractivity contribution in [2.45, 2.75) is 66.8 Å². The number of hydrogen-bond acceptors (Lipinski definition) is 3. The molecule has 1 unspecified atom stereocenters. The van der Waals surface area contributed by atoms with Gasteiger partial charge >= 0.3 is 0 Å². The molecule has 0 aliphatic rings. The monoisotopic (exact) mass is 300 g/mol. The minimum atomic E-state index is 0.185. The maximum absolute atomic E-state index is 5.29. The van der Waals surface area contributed by atoms with Gasteiger partial charge in [-0.3, -0.25) is 0 Å². The first-order chi connectivity index (χ1) is 9.62. The summed E-state index contributed by atoms with van der Waals surface area (Å²) < 4.78 is 5.29. The van der Waals surface area contributed by atoms with E-state index in [1.54, 1.807) is 7.11 Å². The van der Waals surface area contributed by atoms with Crippen LogP contribution in [0.15, 0.2) is 0 Å². The Morgan fingerprint density at radius 3 is 2.19 bits per heavy atom. The molecule has 21 heavy (non-hydrogen) atoms. The summed E-state index contributed by atoms with van der Waals surface area (Å²) in [5.41, 5.74) is 0.509. The SMILES string of the molecule is CCCC(C)(CNC(C)(C)C)CN(CCOC)CC(C)C. The molecule has 0 fully saturated rings. The number of hydrogen-bond donors (Lipinski definition) is 1. The lowest BCUT2D eigenvalue weighted by atomic mass is 9.83. The van der Waals surface area contributed by atoms with E-state index in [1.807, 2.05) is 0 Å². The molecule has 0 aromatic rings. The van der Waals surface area contributed by atoms with E-state index in [4.69, 9.17) is 4.74 Å². The fourth-order valence-electron chi connectivity index (χ4n) is 2.82. The van der Waals surface area contributed by atoms with Crippen molar-refractivity contribution in [1.82, 2.24) is 10.2 Å². The molecule has 0 amide bonds. The Labute approximate surface area is 133 Å². The molecule has 0 aromatic carbocycles. The van der Waals surface area contributed by atoms with Gasteiger partial charge in [0.05, 0.1) is 6.61 Å². The van der Waals surface area contributed by atoms with E-state index < -0.39 is 0 Å². The molecule has 0 spiro atoms. The fraction of sp³-hybridized carbons (Fsp3) is 1.00. The first-order valence-corrected chi connectivity index (χ1v) is 8.58. The third-order valence-electron chi connectivity index (χ3n) is 3.74. The topological polar surface area (TPSA) is 24.5 Å². The molecule has 0 rings (SSSR count). The van der Waals surface area contributed by atoms with E-state index in [0.29, 0.717) is 11.3 Å². The lowest BCUT2D eigenvalue weighted by molar-refractivity contribution is 0.0942. The largest absolute Gasteiger partial charge is 0.383 e. The molecule has 3 heteroatoms. The summed E-state index contributed by atoms with van der Waals surface area (Å²) >= 11 is 0. The van der Waals surface area contributed by atoms with Crippen molar-refractivity contribution in [2.75, 3.05) is 39.9 Å². The molecule has 1 atom stereocenters. The molecule has 0 saturated heterocycles. The van der Waals surface area contributed by atoms with Crippen molar-refractivity contribution < 1.29 is 4.74 Å². The Bertz CT molecular complexity index is 260. The van der Waals surface area contributed by atoms with E-state index >= 15 is 0 Å². The second kappa shape index (κ2) is 9.81. The van der Waals surface area contributed by atoms with Crippen molar-refractivity contribution in [3.8, 4) is 0 Å². The number of nitrogens with one attached hydrogen (secondary N) is 1. The second-order valence-corrected chi connectivity index (χ2v) is 8.29. The van der Waals surface area contributed by atoms with Gasteiger partial charge in [-0.15, -0.1) is 0 Å². The van der Waals surface area contributed by atoms with Crippen LogP contribution in [-0.4, -0.2) is 50.3 Å². The zero-order valence-corrected chi connectivity index (χ0v) is 15.9. The fourth-order valence-corrected chi connectivity index (χ4v) is 2.82. The highest BCUT2D eigenvalue weighted by atomic mass is 16.5. The van der Waals surface area contributed by atoms with Gasteiger partial charge in [0.15, 0.2) is 0 Å². The molecule has 128 valence electrons. The summed E-state index contributed by atoms with van der Waals surface area (Å²) in [5.74, 6) is 0.698. The Kier molecular flexibility index (Phi) is 9.75. The molecule has 0 bridgehead atoms. The molecule has 0 aromatic heterocycles. The van der Waals surface area contributed by atoms with Crippen LogP contribution in [0.3, 0.4) is 0 Å². The Hall–Kier alpha value is -0.120. The maximum atomic E-state index is 5.29. The number of methoxy groups -OCH3 is 1. The zero-order chi connectivity index (χ0) is 16.5. The van der Waals surface area contributed by atoms with Crippen LogP contribution in [0, 0.1) is 11.3 Å². The average molecular weight is 301 g/mol. The lowest BCUT2D eigenvalue weighted by Crippen LogP contribution is -2.48. The van der Waals surface area contributed by atoms with Gasteiger partial charge in [0, 0.05) is 38.8 Å². The molecule has 0 radical (unpaired) electrons. The van der Waals surface area contributed by atoms with Gasteiger partial charge in [-0.25, -0.2) is 0 Å². The summed E-state index contributed by atoms with van der Waals surface area (Å²) in [7, 11) is 1.79. The van der Waals surface area contributed by atoms with Gasteiger partial charge in [-0.1, -0.05) is 34.1 Å². The van der Waals surface area contributed by atoms with Gasteiger partial charge in [-0.05, 0) is 38.5 Å². The Morgan fingerprint density at radius 2 is 1.76 bits per heavy atom. The van der Waals surface area contributed by atoms with Crippen molar-refractivity contribution in [2.24, 2.45) is 11.3 Å². The summed E-state index contributed by atoms with van der Waals surface area (Å²) in [6, 6.07) is 0. The standard InChI is InChI=1S/C18H40N2O/c1-9-10-18(7,14-19-17(4,5)6)15-20(11-12-21-8)13-16(2)3/h16,19H,9-15H2,1-8H3. The highest BCUT2D eigenvalue weighted by Gasteiger charge is 2.28. The van der Waals surface area contributed by atoms with Crippen LogP contribution in [0.25, 0.3) is 0 Å². The van der Waals surface area contributed by atoms with Crippen molar-refractivity contribution in [1.29, 1.82) is 0 Å². The summed E-state index contributed by atoms with van der Waals surface area (Å²) in [6.07, 6.45) is 2.50. The summed E-state index contributed by atoms with van der Waals surface area (Å²) in [5, 5.41) is 3.70. The molecule has 0 aliphatic heterocycles. The molecule has 0 aliphatic carbocycles. The summed E-state index contributed by atoms with van der Waals surface area (Å²) in [4.78, 5) is 2.58. The van der Waals surface area contributed by atoms with Crippen LogP contribution in [0.4, 0.5) is 0 Å². The predicted octanol–water partition coefficient (Wildman–Crippen LogP) is 3.79. The maximum Gasteiger partial charge on any atom is 0.0589 e. The van der Waals surface area contributed by atoms with Gasteiger partial charge in [-0.2, -0.15) is 0 Å². The predicted molar refractivity (Wildman–Crippen MR) is 93.9 cm³/mol. The van der Waals surface area contributed by atoms with Gasteiger partial charge in [0.25, 0.3) is 0 Å². The van der Waals surface area contributed by atoms with Gasteiger partial charge < -0.3 is 15.0 Å². The first-order valence-electron chi connectivity index (χ1n) is 8.58. The van der Waals surface area contributed by atoms with Crippen LogP contribution in [0.5, 0.6) is 0 Å². The Balaban J connectivity index is 4.71. The van der Waals surface area contributed by atoms with Crippen LogP contribution >= 0.6 is 0 Å². The van der Waals surface area contributed by atoms with Crippen molar-refractivity contribution >= 4 is 0 Å². The quantitative estimate of drug-likeness (QED) is 0.628. The van der Waals surface area contributed by atoms with Gasteiger partial charge in [0.2, 0.25) is 0 Å². The average Bonchev–Trinajstić information content (AvgIpc) is 2.32. The third kappa shape index (κ3) is 11.1.